The number of nitrogen functional groups attached to an aromatic ring is 2. The third-order valence-corrected chi connectivity index (χ3v) is 10.1. The Kier molecular flexibility index (Phi) is 9.57. The summed E-state index contributed by atoms with van der Waals surface area (Å²) in [6, 6.07) is 30.4. The van der Waals surface area contributed by atoms with E-state index in [1.807, 2.05) is 12.4 Å². The summed E-state index contributed by atoms with van der Waals surface area (Å²) < 4.78 is 0. The van der Waals surface area contributed by atoms with E-state index in [1.165, 1.54) is 55.6 Å². The molecule has 4 aromatic heterocycles. The normalized spacial score (nSPS) is 11.3. The Bertz CT molecular complexity index is 2440. The molecule has 0 radical (unpaired) electrons. The minimum absolute atomic E-state index is 0.499. The van der Waals surface area contributed by atoms with Crippen molar-refractivity contribution in [3.8, 4) is 0 Å². The van der Waals surface area contributed by atoms with E-state index in [9.17, 15) is 0 Å². The molecule has 0 amide bonds. The molecule has 0 aliphatic carbocycles. The molecule has 0 bridgehead atoms. The van der Waals surface area contributed by atoms with E-state index in [2.05, 4.69) is 146 Å². The van der Waals surface area contributed by atoms with Crippen LogP contribution in [-0.2, 0) is 25.7 Å². The molecule has 0 spiro atoms. The van der Waals surface area contributed by atoms with Crippen LogP contribution in [0.25, 0.3) is 43.6 Å². The minimum atomic E-state index is 0.499. The van der Waals surface area contributed by atoms with Gasteiger partial charge < -0.3 is 11.5 Å². The van der Waals surface area contributed by atoms with Crippen LogP contribution >= 0.6 is 0 Å². The van der Waals surface area contributed by atoms with Gasteiger partial charge in [0.2, 0.25) is 0 Å². The molecule has 0 saturated carbocycles. The van der Waals surface area contributed by atoms with Gasteiger partial charge in [-0.1, -0.05) is 71.8 Å². The Balaban J connectivity index is 0.000000162. The predicted molar refractivity (Wildman–Crippen MR) is 219 cm³/mol. The van der Waals surface area contributed by atoms with Gasteiger partial charge in [-0.3, -0.25) is 9.97 Å². The fourth-order valence-corrected chi connectivity index (χ4v) is 7.21. The Morgan fingerprint density at radius 3 is 1.21 bits per heavy atom. The van der Waals surface area contributed by atoms with Gasteiger partial charge in [0.05, 0.1) is 11.0 Å². The Morgan fingerprint density at radius 2 is 0.808 bits per heavy atom. The summed E-state index contributed by atoms with van der Waals surface area (Å²) in [5.74, 6) is 0.998. The molecular formula is C46H46N6. The first kappa shape index (κ1) is 34.6. The Labute approximate surface area is 306 Å². The first-order chi connectivity index (χ1) is 25.0. The summed E-state index contributed by atoms with van der Waals surface area (Å²) in [5.41, 5.74) is 28.7. The van der Waals surface area contributed by atoms with Crippen LogP contribution < -0.4 is 11.5 Å². The molecule has 8 rings (SSSR count). The summed E-state index contributed by atoms with van der Waals surface area (Å²) in [5, 5.41) is 4.40. The fourth-order valence-electron chi connectivity index (χ4n) is 7.21. The molecule has 4 heterocycles. The maximum Gasteiger partial charge on any atom is 0.150 e. The van der Waals surface area contributed by atoms with E-state index < -0.39 is 0 Å². The van der Waals surface area contributed by atoms with Crippen molar-refractivity contribution in [2.45, 2.75) is 67.2 Å². The first-order valence-electron chi connectivity index (χ1n) is 18.0. The molecule has 260 valence electrons. The van der Waals surface area contributed by atoms with Gasteiger partial charge in [-0.2, -0.15) is 0 Å². The van der Waals surface area contributed by atoms with Crippen LogP contribution in [0.5, 0.6) is 0 Å². The van der Waals surface area contributed by atoms with Crippen molar-refractivity contribution in [1.82, 2.24) is 19.9 Å². The molecule has 0 aliphatic heterocycles. The van der Waals surface area contributed by atoms with Gasteiger partial charge in [0, 0.05) is 33.9 Å². The van der Waals surface area contributed by atoms with Crippen molar-refractivity contribution in [3.63, 3.8) is 0 Å². The van der Waals surface area contributed by atoms with Crippen molar-refractivity contribution in [2.24, 2.45) is 0 Å². The van der Waals surface area contributed by atoms with Crippen LogP contribution in [0.2, 0.25) is 0 Å². The standard InChI is InChI=1S/2C23H23N3/c2*1-14-4-7-18(16(3)10-14)8-6-17-12-20-19-9-5-15(2)11-21(19)26-23(24)22(20)25-13-17/h2*4-5,7,9-13H,6,8H2,1-3H3,(H2,24,26). The number of aryl methyl sites for hydroxylation is 10. The minimum Gasteiger partial charge on any atom is -0.382 e. The van der Waals surface area contributed by atoms with Crippen molar-refractivity contribution in [1.29, 1.82) is 0 Å². The highest BCUT2D eigenvalue weighted by atomic mass is 14.9. The quantitative estimate of drug-likeness (QED) is 0.169. The lowest BCUT2D eigenvalue weighted by Gasteiger charge is -2.10. The highest BCUT2D eigenvalue weighted by Crippen LogP contribution is 2.30. The van der Waals surface area contributed by atoms with Gasteiger partial charge in [0.25, 0.3) is 0 Å². The Hall–Kier alpha value is -5.88. The topological polar surface area (TPSA) is 104 Å². The number of hydrogen-bond donors (Lipinski definition) is 2. The molecule has 6 nitrogen and oxygen atoms in total. The van der Waals surface area contributed by atoms with Gasteiger partial charge in [-0.25, -0.2) is 9.97 Å². The average molecular weight is 683 g/mol. The van der Waals surface area contributed by atoms with Gasteiger partial charge in [-0.05, 0) is 136 Å². The van der Waals surface area contributed by atoms with E-state index >= 15 is 0 Å². The smallest absolute Gasteiger partial charge is 0.150 e. The molecule has 4 N–H and O–H groups in total. The van der Waals surface area contributed by atoms with E-state index in [0.717, 1.165) is 69.3 Å². The lowest BCUT2D eigenvalue weighted by Crippen LogP contribution is -1.99. The highest BCUT2D eigenvalue weighted by Gasteiger charge is 2.11. The Morgan fingerprint density at radius 1 is 0.423 bits per heavy atom. The number of fused-ring (bicyclic) bond motifs is 6. The second-order valence-electron chi connectivity index (χ2n) is 14.4. The van der Waals surface area contributed by atoms with Crippen LogP contribution in [0.4, 0.5) is 11.6 Å². The van der Waals surface area contributed by atoms with Crippen LogP contribution in [0.15, 0.2) is 97.3 Å². The number of nitrogens with zero attached hydrogens (tertiary/aromatic N) is 4. The van der Waals surface area contributed by atoms with Crippen molar-refractivity contribution in [2.75, 3.05) is 11.5 Å². The second-order valence-corrected chi connectivity index (χ2v) is 14.4. The maximum absolute atomic E-state index is 6.15. The van der Waals surface area contributed by atoms with Crippen LogP contribution in [0, 0.1) is 41.5 Å². The summed E-state index contributed by atoms with van der Waals surface area (Å²) in [4.78, 5) is 18.3. The van der Waals surface area contributed by atoms with E-state index in [0.29, 0.717) is 11.6 Å². The second kappa shape index (κ2) is 14.4. The van der Waals surface area contributed by atoms with Crippen LogP contribution in [0.1, 0.15) is 55.6 Å². The number of pyridine rings is 4. The average Bonchev–Trinajstić information content (AvgIpc) is 3.11. The fraction of sp³-hybridized carbons (Fsp3) is 0.217. The predicted octanol–water partition coefficient (Wildman–Crippen LogP) is 10.2. The monoisotopic (exact) mass is 682 g/mol. The molecule has 0 saturated heterocycles. The lowest BCUT2D eigenvalue weighted by molar-refractivity contribution is 0.943. The summed E-state index contributed by atoms with van der Waals surface area (Å²) in [6.45, 7) is 12.8. The maximum atomic E-state index is 6.15. The van der Waals surface area contributed by atoms with Crippen LogP contribution in [-0.4, -0.2) is 19.9 Å². The molecule has 6 heteroatoms. The van der Waals surface area contributed by atoms with Gasteiger partial charge in [-0.15, -0.1) is 0 Å². The molecule has 4 aromatic carbocycles. The largest absolute Gasteiger partial charge is 0.382 e. The zero-order valence-electron chi connectivity index (χ0n) is 31.0. The van der Waals surface area contributed by atoms with Gasteiger partial charge >= 0.3 is 0 Å². The number of aromatic nitrogens is 4. The van der Waals surface area contributed by atoms with E-state index in [1.54, 1.807) is 0 Å². The third kappa shape index (κ3) is 7.28. The lowest BCUT2D eigenvalue weighted by atomic mass is 9.98. The third-order valence-electron chi connectivity index (χ3n) is 10.1. The van der Waals surface area contributed by atoms with Crippen LogP contribution in [0.3, 0.4) is 0 Å². The van der Waals surface area contributed by atoms with E-state index in [4.69, 9.17) is 11.5 Å². The molecule has 8 aromatic rings. The zero-order chi connectivity index (χ0) is 36.5. The molecule has 0 fully saturated rings. The van der Waals surface area contributed by atoms with E-state index in [-0.39, 0.29) is 0 Å². The molecular weight excluding hydrogens is 637 g/mol. The molecule has 52 heavy (non-hydrogen) atoms. The zero-order valence-corrected chi connectivity index (χ0v) is 31.0. The number of benzene rings is 4. The van der Waals surface area contributed by atoms with Crippen molar-refractivity contribution in [3.05, 3.63) is 153 Å². The summed E-state index contributed by atoms with van der Waals surface area (Å²) >= 11 is 0. The molecule has 0 unspecified atom stereocenters. The van der Waals surface area contributed by atoms with Gasteiger partial charge in [0.1, 0.15) is 11.0 Å². The number of rotatable bonds is 6. The SMILES string of the molecule is Cc1ccc(CCc2cnc3c(N)nc4cc(C)ccc4c3c2)c(C)c1.Cc1ccc(CCc2cnc3c(N)nc4cc(C)ccc4c3c2)c(C)c1. The highest BCUT2D eigenvalue weighted by molar-refractivity contribution is 6.09. The number of hydrogen-bond acceptors (Lipinski definition) is 6. The summed E-state index contributed by atoms with van der Waals surface area (Å²) in [7, 11) is 0. The first-order valence-corrected chi connectivity index (χ1v) is 18.0. The van der Waals surface area contributed by atoms with Crippen molar-refractivity contribution < 1.29 is 0 Å². The van der Waals surface area contributed by atoms with Gasteiger partial charge in [0.15, 0.2) is 11.6 Å². The summed E-state index contributed by atoms with van der Waals surface area (Å²) in [6.07, 6.45) is 7.81. The number of anilines is 2. The number of nitrogens with two attached hydrogens (primary N) is 2. The molecule has 0 aliphatic rings. The van der Waals surface area contributed by atoms with Crippen molar-refractivity contribution >= 4 is 55.2 Å². The molecule has 0 atom stereocenters.